The van der Waals surface area contributed by atoms with Crippen LogP contribution in [0.5, 0.6) is 5.75 Å². The molecule has 0 aliphatic heterocycles. The highest BCUT2D eigenvalue weighted by Crippen LogP contribution is 2.20. The number of ether oxygens (including phenoxy) is 2. The number of furan rings is 1. The van der Waals surface area contributed by atoms with Crippen LogP contribution in [0.3, 0.4) is 0 Å². The summed E-state index contributed by atoms with van der Waals surface area (Å²) < 4.78 is 18.2. The third-order valence-corrected chi connectivity index (χ3v) is 4.77. The summed E-state index contributed by atoms with van der Waals surface area (Å²) >= 11 is 0. The quantitative estimate of drug-likeness (QED) is 0.559. The number of esters is 1. The molecule has 0 unspecified atom stereocenters. The van der Waals surface area contributed by atoms with Gasteiger partial charge in [0.25, 0.3) is 5.91 Å². The molecule has 7 heteroatoms. The van der Waals surface area contributed by atoms with Crippen LogP contribution in [0.2, 0.25) is 0 Å². The molecule has 3 aromatic rings. The minimum absolute atomic E-state index is 0.406. The fourth-order valence-corrected chi connectivity index (χ4v) is 3.13. The van der Waals surface area contributed by atoms with Gasteiger partial charge in [0, 0.05) is 17.1 Å². The van der Waals surface area contributed by atoms with E-state index in [1.165, 1.54) is 0 Å². The lowest BCUT2D eigenvalue weighted by atomic mass is 10.2. The van der Waals surface area contributed by atoms with Gasteiger partial charge in [0.2, 0.25) is 0 Å². The lowest BCUT2D eigenvalue weighted by Crippen LogP contribution is -2.30. The molecule has 0 aliphatic rings. The number of anilines is 1. The molecule has 1 atom stereocenters. The van der Waals surface area contributed by atoms with Crippen molar-refractivity contribution in [3.8, 4) is 5.75 Å². The molecular formula is C23H26N2O5. The Morgan fingerprint density at radius 1 is 1.17 bits per heavy atom. The zero-order valence-electron chi connectivity index (χ0n) is 17.6. The number of aryl methyl sites for hydroxylation is 1. The number of benzene rings is 1. The number of aromatic nitrogens is 1. The van der Waals surface area contributed by atoms with Crippen LogP contribution in [0, 0.1) is 13.8 Å². The second-order valence-corrected chi connectivity index (χ2v) is 6.94. The second-order valence-electron chi connectivity index (χ2n) is 6.94. The third kappa shape index (κ3) is 4.92. The first-order valence-corrected chi connectivity index (χ1v) is 9.82. The van der Waals surface area contributed by atoms with Crippen LogP contribution in [0.25, 0.3) is 0 Å². The maximum absolute atomic E-state index is 12.7. The van der Waals surface area contributed by atoms with Crippen LogP contribution in [0.1, 0.15) is 41.4 Å². The average Bonchev–Trinajstić information content (AvgIpc) is 3.33. The number of carbonyl (C=O) groups is 2. The molecule has 0 bridgehead atoms. The summed E-state index contributed by atoms with van der Waals surface area (Å²) in [5.74, 6) is 0.569. The fourth-order valence-electron chi connectivity index (χ4n) is 3.13. The maximum Gasteiger partial charge on any atom is 0.340 e. The zero-order chi connectivity index (χ0) is 21.7. The van der Waals surface area contributed by atoms with Crippen molar-refractivity contribution in [2.75, 3.05) is 11.9 Å². The van der Waals surface area contributed by atoms with Crippen molar-refractivity contribution in [3.05, 3.63) is 71.4 Å². The van der Waals surface area contributed by atoms with Gasteiger partial charge in [-0.05, 0) is 70.2 Å². The molecule has 0 aliphatic carbocycles. The first-order chi connectivity index (χ1) is 14.4. The maximum atomic E-state index is 12.7. The zero-order valence-corrected chi connectivity index (χ0v) is 17.6. The van der Waals surface area contributed by atoms with Gasteiger partial charge in [0.1, 0.15) is 11.5 Å². The first kappa shape index (κ1) is 21.2. The van der Waals surface area contributed by atoms with E-state index in [1.54, 1.807) is 43.5 Å². The summed E-state index contributed by atoms with van der Waals surface area (Å²) in [5, 5.41) is 2.74. The Bertz CT molecular complexity index is 1000. The number of carbonyl (C=O) groups excluding carboxylic acids is 2. The van der Waals surface area contributed by atoms with E-state index in [2.05, 4.69) is 5.32 Å². The molecule has 0 saturated carbocycles. The van der Waals surface area contributed by atoms with E-state index in [0.29, 0.717) is 24.4 Å². The Kier molecular flexibility index (Phi) is 6.61. The molecule has 0 radical (unpaired) electrons. The van der Waals surface area contributed by atoms with Crippen molar-refractivity contribution in [1.82, 2.24) is 4.57 Å². The number of hydrogen-bond donors (Lipinski definition) is 1. The van der Waals surface area contributed by atoms with E-state index in [1.807, 2.05) is 37.5 Å². The van der Waals surface area contributed by atoms with Crippen molar-refractivity contribution in [2.45, 2.75) is 40.3 Å². The highest BCUT2D eigenvalue weighted by atomic mass is 16.5. The van der Waals surface area contributed by atoms with Gasteiger partial charge < -0.3 is 23.8 Å². The van der Waals surface area contributed by atoms with Crippen molar-refractivity contribution in [2.24, 2.45) is 0 Å². The minimum Gasteiger partial charge on any atom is -0.494 e. The Hall–Kier alpha value is -3.48. The Morgan fingerprint density at radius 3 is 2.53 bits per heavy atom. The molecule has 0 saturated heterocycles. The average molecular weight is 410 g/mol. The van der Waals surface area contributed by atoms with Gasteiger partial charge in [-0.25, -0.2) is 4.79 Å². The molecule has 2 heterocycles. The lowest BCUT2D eigenvalue weighted by molar-refractivity contribution is -0.123. The van der Waals surface area contributed by atoms with E-state index in [0.717, 1.165) is 22.9 Å². The van der Waals surface area contributed by atoms with E-state index in [4.69, 9.17) is 13.9 Å². The molecule has 2 aromatic heterocycles. The number of amides is 1. The van der Waals surface area contributed by atoms with Crippen molar-refractivity contribution < 1.29 is 23.5 Å². The Balaban J connectivity index is 1.62. The number of hydrogen-bond acceptors (Lipinski definition) is 5. The molecule has 158 valence electrons. The molecule has 0 fully saturated rings. The van der Waals surface area contributed by atoms with Gasteiger partial charge in [-0.3, -0.25) is 4.79 Å². The Labute approximate surface area is 175 Å². The van der Waals surface area contributed by atoms with Gasteiger partial charge in [-0.1, -0.05) is 0 Å². The topological polar surface area (TPSA) is 82.7 Å². The van der Waals surface area contributed by atoms with Crippen LogP contribution in [-0.4, -0.2) is 29.2 Å². The molecule has 1 aromatic carbocycles. The van der Waals surface area contributed by atoms with E-state index < -0.39 is 18.0 Å². The van der Waals surface area contributed by atoms with Crippen molar-refractivity contribution >= 4 is 17.6 Å². The van der Waals surface area contributed by atoms with Crippen LogP contribution in [0.4, 0.5) is 5.69 Å². The second kappa shape index (κ2) is 9.35. The smallest absolute Gasteiger partial charge is 0.340 e. The number of nitrogens with one attached hydrogen (secondary N) is 1. The van der Waals surface area contributed by atoms with Gasteiger partial charge in [0.15, 0.2) is 6.10 Å². The molecular weight excluding hydrogens is 384 g/mol. The summed E-state index contributed by atoms with van der Waals surface area (Å²) in [6.45, 7) is 8.29. The minimum atomic E-state index is -0.947. The predicted octanol–water partition coefficient (Wildman–Crippen LogP) is 4.33. The SMILES string of the molecule is CCOc1ccc(NC(=O)[C@@H](C)OC(=O)c2cc(C)n(Cc3ccco3)c2C)cc1. The van der Waals surface area contributed by atoms with E-state index in [9.17, 15) is 9.59 Å². The van der Waals surface area contributed by atoms with Gasteiger partial charge >= 0.3 is 5.97 Å². The number of rotatable bonds is 8. The third-order valence-electron chi connectivity index (χ3n) is 4.77. The molecule has 30 heavy (non-hydrogen) atoms. The molecule has 0 spiro atoms. The monoisotopic (exact) mass is 410 g/mol. The number of nitrogens with zero attached hydrogens (tertiary/aromatic N) is 1. The van der Waals surface area contributed by atoms with Crippen LogP contribution in [-0.2, 0) is 16.1 Å². The largest absolute Gasteiger partial charge is 0.494 e. The standard InChI is InChI=1S/C23H26N2O5/c1-5-28-19-10-8-18(9-11-19)24-22(26)17(4)30-23(27)21-13-15(2)25(16(21)3)14-20-7-6-12-29-20/h6-13,17H,5,14H2,1-4H3,(H,24,26)/t17-/m1/s1. The molecule has 1 amide bonds. The van der Waals surface area contributed by atoms with E-state index in [-0.39, 0.29) is 0 Å². The molecule has 7 nitrogen and oxygen atoms in total. The fraction of sp³-hybridized carbons (Fsp3) is 0.304. The van der Waals surface area contributed by atoms with Crippen LogP contribution >= 0.6 is 0 Å². The van der Waals surface area contributed by atoms with Crippen molar-refractivity contribution in [1.29, 1.82) is 0 Å². The molecule has 1 N–H and O–H groups in total. The van der Waals surface area contributed by atoms with Crippen molar-refractivity contribution in [3.63, 3.8) is 0 Å². The van der Waals surface area contributed by atoms with Crippen LogP contribution < -0.4 is 10.1 Å². The van der Waals surface area contributed by atoms with Crippen LogP contribution in [0.15, 0.2) is 53.1 Å². The highest BCUT2D eigenvalue weighted by molar-refractivity contribution is 5.97. The Morgan fingerprint density at radius 2 is 1.90 bits per heavy atom. The lowest BCUT2D eigenvalue weighted by Gasteiger charge is -2.14. The molecule has 3 rings (SSSR count). The van der Waals surface area contributed by atoms with Gasteiger partial charge in [0.05, 0.1) is 25.0 Å². The predicted molar refractivity (Wildman–Crippen MR) is 113 cm³/mol. The summed E-state index contributed by atoms with van der Waals surface area (Å²) in [5.41, 5.74) is 2.69. The van der Waals surface area contributed by atoms with Gasteiger partial charge in [-0.2, -0.15) is 0 Å². The summed E-state index contributed by atoms with van der Waals surface area (Å²) in [7, 11) is 0. The summed E-state index contributed by atoms with van der Waals surface area (Å²) in [4.78, 5) is 25.1. The summed E-state index contributed by atoms with van der Waals surface area (Å²) in [6.07, 6.45) is 0.667. The van der Waals surface area contributed by atoms with E-state index >= 15 is 0 Å². The summed E-state index contributed by atoms with van der Waals surface area (Å²) in [6, 6.07) is 12.5. The first-order valence-electron chi connectivity index (χ1n) is 9.82. The normalized spacial score (nSPS) is 11.7. The van der Waals surface area contributed by atoms with Gasteiger partial charge in [-0.15, -0.1) is 0 Å². The highest BCUT2D eigenvalue weighted by Gasteiger charge is 2.23.